The second-order valence-electron chi connectivity index (χ2n) is 9.84. The first kappa shape index (κ1) is 24.8. The molecule has 1 aromatic carbocycles. The van der Waals surface area contributed by atoms with Gasteiger partial charge < -0.3 is 0 Å². The summed E-state index contributed by atoms with van der Waals surface area (Å²) in [6.45, 7) is 11.6. The molecule has 0 aromatic heterocycles. The van der Waals surface area contributed by atoms with Gasteiger partial charge >= 0.3 is 195 Å². The van der Waals surface area contributed by atoms with Gasteiger partial charge in [0.25, 0.3) is 0 Å². The van der Waals surface area contributed by atoms with Crippen molar-refractivity contribution >= 4 is 24.3 Å². The number of rotatable bonds is 14. The molecule has 0 radical (unpaired) electrons. The number of hydrogen-bond acceptors (Lipinski definition) is 2. The second kappa shape index (κ2) is 11.9. The van der Waals surface area contributed by atoms with Gasteiger partial charge in [-0.2, -0.15) is 0 Å². The summed E-state index contributed by atoms with van der Waals surface area (Å²) in [7, 11) is 0. The van der Waals surface area contributed by atoms with Crippen LogP contribution in [-0.4, -0.2) is 47.9 Å². The molecule has 2 saturated heterocycles. The van der Waals surface area contributed by atoms with E-state index in [1.165, 1.54) is 61.8 Å². The zero-order valence-corrected chi connectivity index (χ0v) is 22.9. The molecule has 0 N–H and O–H groups in total. The van der Waals surface area contributed by atoms with Crippen LogP contribution in [0.15, 0.2) is 43.0 Å². The molecule has 172 valence electrons. The molecule has 1 amide bonds. The predicted molar refractivity (Wildman–Crippen MR) is 133 cm³/mol. The van der Waals surface area contributed by atoms with E-state index in [1.807, 2.05) is 6.08 Å². The van der Waals surface area contributed by atoms with E-state index in [-0.39, 0.29) is 24.2 Å². The molecule has 2 heterocycles. The summed E-state index contributed by atoms with van der Waals surface area (Å²) < 4.78 is 12.4. The summed E-state index contributed by atoms with van der Waals surface area (Å²) in [5, 5.41) is 0. The number of ether oxygens (including phenoxy) is 1. The first-order chi connectivity index (χ1) is 15.1. The molecule has 0 unspecified atom stereocenters. The summed E-state index contributed by atoms with van der Waals surface area (Å²) in [6.07, 6.45) is 9.76. The fourth-order valence-corrected chi connectivity index (χ4v) is 23.4. The molecule has 0 aliphatic carbocycles. The van der Waals surface area contributed by atoms with Crippen LogP contribution in [0.4, 0.5) is 0 Å². The molecule has 0 bridgehead atoms. The number of likely N-dealkylation sites (tertiary alicyclic amines) is 1. The van der Waals surface area contributed by atoms with Crippen molar-refractivity contribution in [1.82, 2.24) is 4.90 Å². The number of amides is 1. The molecular formula is C27H43NO2Sn. The van der Waals surface area contributed by atoms with Crippen LogP contribution in [0.5, 0.6) is 0 Å². The van der Waals surface area contributed by atoms with Gasteiger partial charge in [-0.25, -0.2) is 0 Å². The van der Waals surface area contributed by atoms with E-state index in [1.54, 1.807) is 0 Å². The monoisotopic (exact) mass is 533 g/mol. The van der Waals surface area contributed by atoms with Crippen molar-refractivity contribution in [1.29, 1.82) is 0 Å². The number of carbonyl (C=O) groups is 1. The van der Waals surface area contributed by atoms with Gasteiger partial charge in [-0.15, -0.1) is 0 Å². The fourth-order valence-electron chi connectivity index (χ4n) is 5.95. The Balaban J connectivity index is 1.93. The number of β-lactam (4-membered cyclic amide) rings is 1. The van der Waals surface area contributed by atoms with Crippen molar-refractivity contribution in [3.05, 3.63) is 48.6 Å². The third-order valence-corrected chi connectivity index (χ3v) is 23.5. The summed E-state index contributed by atoms with van der Waals surface area (Å²) >= 11 is -2.38. The first-order valence-corrected chi connectivity index (χ1v) is 20.8. The molecule has 1 aromatic rings. The maximum atomic E-state index is 12.8. The van der Waals surface area contributed by atoms with Gasteiger partial charge in [0.2, 0.25) is 0 Å². The Morgan fingerprint density at radius 1 is 0.968 bits per heavy atom. The van der Waals surface area contributed by atoms with Crippen LogP contribution in [-0.2, 0) is 9.53 Å². The van der Waals surface area contributed by atoms with Gasteiger partial charge in [0.05, 0.1) is 0 Å². The first-order valence-electron chi connectivity index (χ1n) is 12.7. The molecule has 2 fully saturated rings. The Hall–Kier alpha value is -0.811. The molecule has 4 atom stereocenters. The Labute approximate surface area is 194 Å². The second-order valence-corrected chi connectivity index (χ2v) is 23.8. The number of fused-ring (bicyclic) bond motifs is 1. The topological polar surface area (TPSA) is 29.5 Å². The van der Waals surface area contributed by atoms with Crippen molar-refractivity contribution in [2.45, 2.75) is 95.3 Å². The Morgan fingerprint density at radius 3 is 2.06 bits per heavy atom. The zero-order valence-electron chi connectivity index (χ0n) is 20.0. The zero-order chi connectivity index (χ0) is 22.3. The fraction of sp³-hybridized carbons (Fsp3) is 0.667. The standard InChI is InChI=1S/C15H16NO2.3C4H9.Sn/c1-3-9-16-12-10(2)13(18-14(12)15(16)17)11-7-5-4-6-8-11;3*1-3-4-2;/h3-8,10,12-14H,1-2,9H2;3*1,3-4H2,2H3;/t10-,12-,13+,14+;;;;/m1..../s1. The van der Waals surface area contributed by atoms with E-state index < -0.39 is 18.4 Å². The molecule has 0 saturated carbocycles. The average Bonchev–Trinajstić information content (AvgIpc) is 3.13. The van der Waals surface area contributed by atoms with Gasteiger partial charge in [0, 0.05) is 0 Å². The maximum absolute atomic E-state index is 12.8. The molecule has 2 aliphatic rings. The summed E-state index contributed by atoms with van der Waals surface area (Å²) in [5.41, 5.74) is 1.26. The van der Waals surface area contributed by atoms with Crippen molar-refractivity contribution in [3.8, 4) is 0 Å². The Kier molecular flexibility index (Phi) is 9.51. The SMILES string of the molecule is C=CCN1C(=O)[C@H]2O[C@H](c3ccccc3)[C@H]([CH2][Sn]([CH2]CCC)([CH2]CCC)[CH2]CCC)[C@H]21. The normalized spacial score (nSPS) is 25.4. The van der Waals surface area contributed by atoms with Crippen molar-refractivity contribution in [2.24, 2.45) is 5.92 Å². The van der Waals surface area contributed by atoms with Gasteiger partial charge in [0.1, 0.15) is 0 Å². The van der Waals surface area contributed by atoms with Gasteiger partial charge in [-0.05, 0) is 0 Å². The molecule has 0 spiro atoms. The van der Waals surface area contributed by atoms with E-state index in [4.69, 9.17) is 4.74 Å². The van der Waals surface area contributed by atoms with Crippen LogP contribution in [0.1, 0.15) is 71.0 Å². The van der Waals surface area contributed by atoms with E-state index in [0.717, 1.165) is 0 Å². The van der Waals surface area contributed by atoms with Gasteiger partial charge in [0.15, 0.2) is 0 Å². The van der Waals surface area contributed by atoms with Crippen LogP contribution in [0, 0.1) is 5.92 Å². The number of hydrogen-bond donors (Lipinski definition) is 0. The van der Waals surface area contributed by atoms with E-state index >= 15 is 0 Å². The van der Waals surface area contributed by atoms with E-state index in [2.05, 4.69) is 62.6 Å². The van der Waals surface area contributed by atoms with Gasteiger partial charge in [-0.3, -0.25) is 0 Å². The van der Waals surface area contributed by atoms with Crippen LogP contribution >= 0.6 is 0 Å². The van der Waals surface area contributed by atoms with Crippen LogP contribution < -0.4 is 0 Å². The van der Waals surface area contributed by atoms with Crippen molar-refractivity contribution < 1.29 is 9.53 Å². The number of nitrogens with zero attached hydrogens (tertiary/aromatic N) is 1. The molecule has 4 heteroatoms. The van der Waals surface area contributed by atoms with Gasteiger partial charge in [-0.1, -0.05) is 0 Å². The van der Waals surface area contributed by atoms with E-state index in [9.17, 15) is 4.79 Å². The quantitative estimate of drug-likeness (QED) is 0.147. The molecular weight excluding hydrogens is 489 g/mol. The summed E-state index contributed by atoms with van der Waals surface area (Å²) in [5.74, 6) is 0.622. The number of carbonyl (C=O) groups excluding carboxylic acids is 1. The Bertz CT molecular complexity index is 685. The average molecular weight is 532 g/mol. The van der Waals surface area contributed by atoms with E-state index in [0.29, 0.717) is 12.5 Å². The van der Waals surface area contributed by atoms with Crippen molar-refractivity contribution in [2.75, 3.05) is 6.54 Å². The third kappa shape index (κ3) is 5.58. The van der Waals surface area contributed by atoms with Crippen LogP contribution in [0.2, 0.25) is 17.7 Å². The minimum atomic E-state index is -2.38. The molecule has 2 aliphatic heterocycles. The molecule has 3 nitrogen and oxygen atoms in total. The third-order valence-electron chi connectivity index (χ3n) is 7.62. The number of unbranched alkanes of at least 4 members (excludes halogenated alkanes) is 3. The molecule has 31 heavy (non-hydrogen) atoms. The number of benzene rings is 1. The minimum absolute atomic E-state index is 0.0657. The summed E-state index contributed by atoms with van der Waals surface area (Å²) in [6, 6.07) is 10.9. The predicted octanol–water partition coefficient (Wildman–Crippen LogP) is 6.99. The molecule has 3 rings (SSSR count). The van der Waals surface area contributed by atoms with Crippen LogP contribution in [0.25, 0.3) is 0 Å². The van der Waals surface area contributed by atoms with Crippen LogP contribution in [0.3, 0.4) is 0 Å². The van der Waals surface area contributed by atoms with Crippen molar-refractivity contribution in [3.63, 3.8) is 0 Å². The Morgan fingerprint density at radius 2 is 1.55 bits per heavy atom. The summed E-state index contributed by atoms with van der Waals surface area (Å²) in [4.78, 5) is 14.9.